The molecule has 2 aromatic rings. The molecular weight excluding hydrogens is 420 g/mol. The lowest BCUT2D eigenvalue weighted by Gasteiger charge is -2.32. The Kier molecular flexibility index (Phi) is 6.31. The number of hydrogen-bond donors (Lipinski definition) is 2. The lowest BCUT2D eigenvalue weighted by molar-refractivity contribution is 0.0697. The van der Waals surface area contributed by atoms with E-state index in [0.717, 1.165) is 57.8 Å². The number of benzene rings is 1. The van der Waals surface area contributed by atoms with Crippen LogP contribution < -0.4 is 14.9 Å². The molecule has 3 heterocycles. The molecule has 2 saturated heterocycles. The van der Waals surface area contributed by atoms with Crippen molar-refractivity contribution in [2.24, 2.45) is 5.92 Å². The van der Waals surface area contributed by atoms with Crippen LogP contribution in [0.5, 0.6) is 0 Å². The Balaban J connectivity index is 1.65. The summed E-state index contributed by atoms with van der Waals surface area (Å²) in [6.45, 7) is 6.94. The highest BCUT2D eigenvalue weighted by Gasteiger charge is 2.25. The number of carbonyl (C=O) groups is 1. The second-order valence-electron chi connectivity index (χ2n) is 7.98. The van der Waals surface area contributed by atoms with E-state index in [9.17, 15) is 13.2 Å². The van der Waals surface area contributed by atoms with Crippen LogP contribution in [-0.2, 0) is 10.0 Å². The van der Waals surface area contributed by atoms with Gasteiger partial charge in [-0.05, 0) is 48.4 Å². The van der Waals surface area contributed by atoms with Crippen molar-refractivity contribution in [3.05, 3.63) is 41.3 Å². The number of piperidine rings is 1. The average Bonchev–Trinajstić information content (AvgIpc) is 3.30. The molecule has 2 aliphatic heterocycles. The van der Waals surface area contributed by atoms with E-state index in [1.54, 1.807) is 23.6 Å². The Hall–Kier alpha value is -2.10. The molecule has 0 saturated carbocycles. The van der Waals surface area contributed by atoms with Crippen molar-refractivity contribution in [1.29, 1.82) is 0 Å². The first-order valence-electron chi connectivity index (χ1n) is 10.4. The Morgan fingerprint density at radius 2 is 1.87 bits per heavy atom. The van der Waals surface area contributed by atoms with E-state index in [4.69, 9.17) is 0 Å². The topological polar surface area (TPSA) is 81.8 Å². The molecule has 0 atom stereocenters. The minimum atomic E-state index is -3.70. The zero-order valence-electron chi connectivity index (χ0n) is 17.1. The summed E-state index contributed by atoms with van der Waals surface area (Å²) in [6, 6.07) is 8.69. The van der Waals surface area contributed by atoms with Gasteiger partial charge in [0.05, 0.1) is 11.4 Å². The van der Waals surface area contributed by atoms with Crippen LogP contribution >= 0.6 is 11.3 Å². The zero-order chi connectivity index (χ0) is 21.1. The molecule has 2 aliphatic rings. The number of anilines is 2. The summed E-state index contributed by atoms with van der Waals surface area (Å²) in [4.78, 5) is 17.1. The first-order valence-corrected chi connectivity index (χ1v) is 12.8. The summed E-state index contributed by atoms with van der Waals surface area (Å²) >= 11 is 1.17. The third kappa shape index (κ3) is 4.63. The highest BCUT2D eigenvalue weighted by atomic mass is 32.2. The van der Waals surface area contributed by atoms with Crippen molar-refractivity contribution in [1.82, 2.24) is 10.2 Å². The molecule has 2 fully saturated rings. The van der Waals surface area contributed by atoms with Crippen LogP contribution in [0.3, 0.4) is 0 Å². The Morgan fingerprint density at radius 1 is 1.13 bits per heavy atom. The third-order valence-corrected chi connectivity index (χ3v) is 8.54. The standard InChI is InChI=1S/C21H28N4O3S2/c1-16-6-10-25(11-7-16)21(26)17-4-5-19(24-12-8-22-9-13-24)18(15-17)23-30(27,28)20-3-2-14-29-20/h2-5,14-16,22-23H,6-13H2,1H3. The second kappa shape index (κ2) is 8.95. The van der Waals surface area contributed by atoms with Gasteiger partial charge in [-0.15, -0.1) is 11.3 Å². The third-order valence-electron chi connectivity index (χ3n) is 5.78. The predicted molar refractivity (Wildman–Crippen MR) is 121 cm³/mol. The van der Waals surface area contributed by atoms with E-state index in [2.05, 4.69) is 21.9 Å². The highest BCUT2D eigenvalue weighted by Crippen LogP contribution is 2.31. The number of rotatable bonds is 5. The number of carbonyl (C=O) groups excluding carboxylic acids is 1. The molecule has 0 bridgehead atoms. The van der Waals surface area contributed by atoms with E-state index in [1.165, 1.54) is 11.3 Å². The summed E-state index contributed by atoms with van der Waals surface area (Å²) in [5.41, 5.74) is 1.79. The molecule has 2 N–H and O–H groups in total. The Bertz CT molecular complexity index is 978. The minimum Gasteiger partial charge on any atom is -0.367 e. The number of amides is 1. The maximum atomic E-state index is 13.1. The minimum absolute atomic E-state index is 0.0367. The Labute approximate surface area is 182 Å². The number of piperazine rings is 1. The molecule has 1 aromatic carbocycles. The van der Waals surface area contributed by atoms with Gasteiger partial charge in [-0.3, -0.25) is 9.52 Å². The van der Waals surface area contributed by atoms with Gasteiger partial charge in [0.1, 0.15) is 4.21 Å². The van der Waals surface area contributed by atoms with Gasteiger partial charge in [0.15, 0.2) is 0 Å². The van der Waals surface area contributed by atoms with Gasteiger partial charge in [-0.25, -0.2) is 8.42 Å². The van der Waals surface area contributed by atoms with Crippen LogP contribution in [0.15, 0.2) is 39.9 Å². The summed E-state index contributed by atoms with van der Waals surface area (Å²) in [7, 11) is -3.70. The average molecular weight is 449 g/mol. The van der Waals surface area contributed by atoms with Crippen molar-refractivity contribution >= 4 is 38.6 Å². The predicted octanol–water partition coefficient (Wildman–Crippen LogP) is 2.83. The van der Waals surface area contributed by atoms with Gasteiger partial charge >= 0.3 is 0 Å². The summed E-state index contributed by atoms with van der Waals surface area (Å²) < 4.78 is 28.8. The maximum absolute atomic E-state index is 13.1. The zero-order valence-corrected chi connectivity index (χ0v) is 18.8. The molecule has 9 heteroatoms. The van der Waals surface area contributed by atoms with Crippen LogP contribution in [0, 0.1) is 5.92 Å². The normalized spacial score (nSPS) is 18.4. The van der Waals surface area contributed by atoms with Crippen LogP contribution in [0.4, 0.5) is 11.4 Å². The molecule has 1 aromatic heterocycles. The molecule has 7 nitrogen and oxygen atoms in total. The molecule has 30 heavy (non-hydrogen) atoms. The molecule has 0 spiro atoms. The van der Waals surface area contributed by atoms with Gasteiger partial charge in [0, 0.05) is 44.8 Å². The molecular formula is C21H28N4O3S2. The van der Waals surface area contributed by atoms with E-state index in [1.807, 2.05) is 17.0 Å². The van der Waals surface area contributed by atoms with Crippen molar-refractivity contribution < 1.29 is 13.2 Å². The quantitative estimate of drug-likeness (QED) is 0.735. The number of thiophene rings is 1. The fourth-order valence-electron chi connectivity index (χ4n) is 3.94. The van der Waals surface area contributed by atoms with Crippen molar-refractivity contribution in [2.75, 3.05) is 48.9 Å². The highest BCUT2D eigenvalue weighted by molar-refractivity contribution is 7.94. The summed E-state index contributed by atoms with van der Waals surface area (Å²) in [6.07, 6.45) is 2.00. The fraction of sp³-hybridized carbons (Fsp3) is 0.476. The van der Waals surface area contributed by atoms with Crippen molar-refractivity contribution in [3.63, 3.8) is 0 Å². The van der Waals surface area contributed by atoms with Gasteiger partial charge in [0.25, 0.3) is 15.9 Å². The van der Waals surface area contributed by atoms with Gasteiger partial charge < -0.3 is 15.1 Å². The second-order valence-corrected chi connectivity index (χ2v) is 10.8. The van der Waals surface area contributed by atoms with Gasteiger partial charge in [0.2, 0.25) is 0 Å². The SMILES string of the molecule is CC1CCN(C(=O)c2ccc(N3CCNCC3)c(NS(=O)(=O)c3cccs3)c2)CC1. The maximum Gasteiger partial charge on any atom is 0.271 e. The largest absolute Gasteiger partial charge is 0.367 e. The van der Waals surface area contributed by atoms with Crippen molar-refractivity contribution in [2.45, 2.75) is 24.0 Å². The van der Waals surface area contributed by atoms with E-state index < -0.39 is 10.0 Å². The van der Waals surface area contributed by atoms with Crippen LogP contribution in [0.25, 0.3) is 0 Å². The first kappa shape index (κ1) is 21.1. The molecule has 0 aliphatic carbocycles. The number of hydrogen-bond acceptors (Lipinski definition) is 6. The van der Waals surface area contributed by atoms with Crippen molar-refractivity contribution in [3.8, 4) is 0 Å². The summed E-state index contributed by atoms with van der Waals surface area (Å²) in [5.74, 6) is 0.600. The molecule has 162 valence electrons. The number of sulfonamides is 1. The Morgan fingerprint density at radius 3 is 2.53 bits per heavy atom. The van der Waals surface area contributed by atoms with Crippen LogP contribution in [0.1, 0.15) is 30.1 Å². The monoisotopic (exact) mass is 448 g/mol. The number of nitrogens with zero attached hydrogens (tertiary/aromatic N) is 2. The smallest absolute Gasteiger partial charge is 0.271 e. The van der Waals surface area contributed by atoms with E-state index in [0.29, 0.717) is 17.2 Å². The summed E-state index contributed by atoms with van der Waals surface area (Å²) in [5, 5.41) is 5.05. The van der Waals surface area contributed by atoms with Gasteiger partial charge in [-0.2, -0.15) is 0 Å². The molecule has 1 amide bonds. The molecule has 0 unspecified atom stereocenters. The number of nitrogens with one attached hydrogen (secondary N) is 2. The van der Waals surface area contributed by atoms with Crippen LogP contribution in [-0.4, -0.2) is 58.5 Å². The first-order chi connectivity index (χ1) is 14.4. The van der Waals surface area contributed by atoms with Crippen LogP contribution in [0.2, 0.25) is 0 Å². The number of likely N-dealkylation sites (tertiary alicyclic amines) is 1. The lowest BCUT2D eigenvalue weighted by atomic mass is 9.98. The lowest BCUT2D eigenvalue weighted by Crippen LogP contribution is -2.44. The fourth-order valence-corrected chi connectivity index (χ4v) is 6.00. The molecule has 4 rings (SSSR count). The van der Waals surface area contributed by atoms with E-state index >= 15 is 0 Å². The van der Waals surface area contributed by atoms with Gasteiger partial charge in [-0.1, -0.05) is 13.0 Å². The van der Waals surface area contributed by atoms with E-state index in [-0.39, 0.29) is 10.1 Å². The molecule has 0 radical (unpaired) electrons.